The van der Waals surface area contributed by atoms with Crippen LogP contribution in [-0.2, 0) is 6.54 Å². The molecule has 0 radical (unpaired) electrons. The number of anilines is 2. The van der Waals surface area contributed by atoms with E-state index in [1.807, 2.05) is 6.92 Å². The van der Waals surface area contributed by atoms with Crippen molar-refractivity contribution in [2.24, 2.45) is 11.8 Å². The van der Waals surface area contributed by atoms with Crippen LogP contribution in [0.15, 0.2) is 18.2 Å². The zero-order valence-corrected chi connectivity index (χ0v) is 19.1. The number of aryl methyl sites for hydroxylation is 2. The molecule has 1 saturated carbocycles. The van der Waals surface area contributed by atoms with Crippen molar-refractivity contribution in [1.29, 1.82) is 0 Å². The van der Waals surface area contributed by atoms with Crippen molar-refractivity contribution in [3.8, 4) is 0 Å². The van der Waals surface area contributed by atoms with Crippen LogP contribution >= 0.6 is 11.5 Å². The Hall–Kier alpha value is -2.62. The lowest BCUT2D eigenvalue weighted by molar-refractivity contribution is 0.377. The molecule has 0 amide bonds. The third kappa shape index (κ3) is 3.59. The van der Waals surface area contributed by atoms with Crippen molar-refractivity contribution >= 4 is 22.5 Å². The first-order chi connectivity index (χ1) is 16.0. The minimum Gasteiger partial charge on any atom is -0.361 e. The van der Waals surface area contributed by atoms with Crippen LogP contribution < -0.4 is 10.2 Å². The first-order valence-corrected chi connectivity index (χ1v) is 12.3. The van der Waals surface area contributed by atoms with Gasteiger partial charge in [0.25, 0.3) is 0 Å². The Kier molecular flexibility index (Phi) is 5.08. The number of rotatable bonds is 4. The van der Waals surface area contributed by atoms with E-state index in [4.69, 9.17) is 4.98 Å². The van der Waals surface area contributed by atoms with Crippen molar-refractivity contribution in [3.05, 3.63) is 52.7 Å². The van der Waals surface area contributed by atoms with E-state index >= 15 is 0 Å². The van der Waals surface area contributed by atoms with Crippen LogP contribution in [0.1, 0.15) is 48.7 Å². The summed E-state index contributed by atoms with van der Waals surface area (Å²) in [5.74, 6) is -2.03. The maximum Gasteiger partial charge on any atom is 0.242 e. The van der Waals surface area contributed by atoms with E-state index in [9.17, 15) is 13.2 Å². The van der Waals surface area contributed by atoms with Gasteiger partial charge in [-0.05, 0) is 68.1 Å². The van der Waals surface area contributed by atoms with Gasteiger partial charge in [-0.15, -0.1) is 5.10 Å². The SMILES string of the molecule is Cc1cc(N2CC3CCC(C2)C3Nc2nc3n(n2)CCCC3c2ccc(F)c(F)c2F)sn1. The molecule has 10 heteroatoms. The van der Waals surface area contributed by atoms with Crippen molar-refractivity contribution in [2.45, 2.75) is 51.1 Å². The van der Waals surface area contributed by atoms with Crippen LogP contribution in [-0.4, -0.2) is 38.3 Å². The Labute approximate surface area is 194 Å². The Morgan fingerprint density at radius 3 is 2.58 bits per heavy atom. The fourth-order valence-corrected chi connectivity index (χ4v) is 6.58. The lowest BCUT2D eigenvalue weighted by atomic mass is 9.90. The molecule has 0 spiro atoms. The van der Waals surface area contributed by atoms with Gasteiger partial charge in [-0.25, -0.2) is 17.9 Å². The molecule has 3 unspecified atom stereocenters. The molecule has 3 aliphatic rings. The standard InChI is InChI=1S/C23H25F3N6S/c1-12-9-18(33-30-12)31-10-13-4-5-14(11-31)21(13)27-23-28-22-16(3-2-8-32(22)29-23)15-6-7-17(24)20(26)19(15)25/h6-7,9,13-14,16,21H,2-5,8,10-11H2,1H3,(H,27,29). The summed E-state index contributed by atoms with van der Waals surface area (Å²) in [6.45, 7) is 4.66. The number of nitrogens with one attached hydrogen (secondary N) is 1. The molecule has 2 bridgehead atoms. The number of nitrogens with zero attached hydrogens (tertiary/aromatic N) is 5. The first kappa shape index (κ1) is 20.9. The summed E-state index contributed by atoms with van der Waals surface area (Å²) in [5.41, 5.74) is 1.20. The predicted octanol–water partition coefficient (Wildman–Crippen LogP) is 4.71. The Balaban J connectivity index is 1.22. The number of aromatic nitrogens is 4. The van der Waals surface area contributed by atoms with Crippen LogP contribution in [0, 0.1) is 36.2 Å². The summed E-state index contributed by atoms with van der Waals surface area (Å²) in [7, 11) is 0. The Morgan fingerprint density at radius 1 is 1.06 bits per heavy atom. The van der Waals surface area contributed by atoms with Crippen LogP contribution in [0.25, 0.3) is 0 Å². The average molecular weight is 475 g/mol. The van der Waals surface area contributed by atoms with E-state index in [2.05, 4.69) is 25.8 Å². The second-order valence-electron chi connectivity index (χ2n) is 9.46. The van der Waals surface area contributed by atoms with E-state index in [1.54, 1.807) is 16.2 Å². The first-order valence-electron chi connectivity index (χ1n) is 11.5. The monoisotopic (exact) mass is 474 g/mol. The molecule has 2 fully saturated rings. The van der Waals surface area contributed by atoms with Crippen molar-refractivity contribution in [2.75, 3.05) is 23.3 Å². The van der Waals surface area contributed by atoms with Crippen molar-refractivity contribution < 1.29 is 13.2 Å². The highest BCUT2D eigenvalue weighted by molar-refractivity contribution is 7.10. The van der Waals surface area contributed by atoms with E-state index in [0.717, 1.165) is 44.1 Å². The van der Waals surface area contributed by atoms with Gasteiger partial charge in [-0.1, -0.05) is 6.07 Å². The van der Waals surface area contributed by atoms with Gasteiger partial charge in [-0.3, -0.25) is 0 Å². The Morgan fingerprint density at radius 2 is 1.85 bits per heavy atom. The zero-order valence-electron chi connectivity index (χ0n) is 18.3. The summed E-state index contributed by atoms with van der Waals surface area (Å²) < 4.78 is 48.0. The Bertz CT molecular complexity index is 1180. The molecule has 1 aliphatic carbocycles. The van der Waals surface area contributed by atoms with Crippen LogP contribution in [0.2, 0.25) is 0 Å². The molecule has 6 nitrogen and oxygen atoms in total. The predicted molar refractivity (Wildman–Crippen MR) is 120 cm³/mol. The number of halogens is 3. The maximum absolute atomic E-state index is 14.5. The van der Waals surface area contributed by atoms with E-state index < -0.39 is 23.4 Å². The molecule has 1 aromatic carbocycles. The minimum absolute atomic E-state index is 0.141. The summed E-state index contributed by atoms with van der Waals surface area (Å²) in [6, 6.07) is 4.75. The van der Waals surface area contributed by atoms with Gasteiger partial charge in [0.1, 0.15) is 10.8 Å². The third-order valence-electron chi connectivity index (χ3n) is 7.37. The molecule has 1 N–H and O–H groups in total. The molecular formula is C23H25F3N6S. The van der Waals surface area contributed by atoms with Gasteiger partial charge >= 0.3 is 0 Å². The number of hydrogen-bond donors (Lipinski definition) is 1. The number of piperidine rings is 1. The van der Waals surface area contributed by atoms with E-state index in [0.29, 0.717) is 36.6 Å². The minimum atomic E-state index is -1.43. The quantitative estimate of drug-likeness (QED) is 0.555. The van der Waals surface area contributed by atoms with Gasteiger partial charge in [-0.2, -0.15) is 9.36 Å². The van der Waals surface area contributed by atoms with Crippen molar-refractivity contribution in [1.82, 2.24) is 19.1 Å². The second-order valence-corrected chi connectivity index (χ2v) is 10.2. The molecule has 2 aliphatic heterocycles. The molecule has 6 rings (SSSR count). The largest absolute Gasteiger partial charge is 0.361 e. The molecule has 174 valence electrons. The molecule has 33 heavy (non-hydrogen) atoms. The third-order valence-corrected chi connectivity index (χ3v) is 8.31. The lowest BCUT2D eigenvalue weighted by Gasteiger charge is -2.38. The van der Waals surface area contributed by atoms with Crippen LogP contribution in [0.3, 0.4) is 0 Å². The fraction of sp³-hybridized carbons (Fsp3) is 0.522. The van der Waals surface area contributed by atoms with E-state index in [1.165, 1.54) is 11.1 Å². The van der Waals surface area contributed by atoms with Gasteiger partial charge < -0.3 is 10.2 Å². The van der Waals surface area contributed by atoms with E-state index in [-0.39, 0.29) is 11.6 Å². The zero-order chi connectivity index (χ0) is 22.7. The van der Waals surface area contributed by atoms with Crippen molar-refractivity contribution in [3.63, 3.8) is 0 Å². The average Bonchev–Trinajstić information content (AvgIpc) is 3.48. The highest BCUT2D eigenvalue weighted by Crippen LogP contribution is 2.41. The highest BCUT2D eigenvalue weighted by Gasteiger charge is 2.43. The summed E-state index contributed by atoms with van der Waals surface area (Å²) in [6.07, 6.45) is 3.72. The van der Waals surface area contributed by atoms with Crippen LogP contribution in [0.5, 0.6) is 0 Å². The smallest absolute Gasteiger partial charge is 0.242 e. The molecule has 3 aromatic rings. The van der Waals surface area contributed by atoms with Crippen LogP contribution in [0.4, 0.5) is 24.1 Å². The van der Waals surface area contributed by atoms with Gasteiger partial charge in [0.15, 0.2) is 17.5 Å². The fourth-order valence-electron chi connectivity index (χ4n) is 5.80. The number of fused-ring (bicyclic) bond motifs is 3. The molecule has 2 aromatic heterocycles. The van der Waals surface area contributed by atoms with Gasteiger partial charge in [0.05, 0.1) is 5.69 Å². The van der Waals surface area contributed by atoms with Gasteiger partial charge in [0.2, 0.25) is 5.95 Å². The topological polar surface area (TPSA) is 58.9 Å². The number of hydrogen-bond acceptors (Lipinski definition) is 6. The summed E-state index contributed by atoms with van der Waals surface area (Å²) >= 11 is 1.56. The lowest BCUT2D eigenvalue weighted by Crippen LogP contribution is -2.48. The molecule has 1 saturated heterocycles. The second kappa shape index (κ2) is 8.00. The molecule has 4 heterocycles. The highest BCUT2D eigenvalue weighted by atomic mass is 32.1. The number of benzene rings is 1. The maximum atomic E-state index is 14.5. The molecular weight excluding hydrogens is 449 g/mol. The summed E-state index contributed by atoms with van der Waals surface area (Å²) in [5, 5.41) is 9.46. The molecule has 3 atom stereocenters. The normalized spacial score (nSPS) is 26.5. The summed E-state index contributed by atoms with van der Waals surface area (Å²) in [4.78, 5) is 7.15. The van der Waals surface area contributed by atoms with Gasteiger partial charge in [0, 0.05) is 37.2 Å².